The first kappa shape index (κ1) is 18.7. The molecule has 3 rings (SSSR count). The van der Waals surface area contributed by atoms with Crippen LogP contribution in [0.3, 0.4) is 0 Å². The van der Waals surface area contributed by atoms with E-state index in [4.69, 9.17) is 4.42 Å². The van der Waals surface area contributed by atoms with Crippen LogP contribution in [0.25, 0.3) is 11.5 Å². The second-order valence-electron chi connectivity index (χ2n) is 5.79. The Morgan fingerprint density at radius 3 is 2.67 bits per heavy atom. The second kappa shape index (κ2) is 8.05. The summed E-state index contributed by atoms with van der Waals surface area (Å²) in [6.07, 6.45) is 1.49. The molecule has 2 aromatic heterocycles. The van der Waals surface area contributed by atoms with E-state index in [1.165, 1.54) is 12.3 Å². The summed E-state index contributed by atoms with van der Waals surface area (Å²) < 4.78 is 6.14. The SMILES string of the molecule is Cc1cc(NC(=O)CNC(=O)c2ccc(-c3ccco3)[nH]c2=O)ccc1Br. The zero-order valence-electron chi connectivity index (χ0n) is 14.3. The maximum absolute atomic E-state index is 12.2. The molecule has 3 aromatic rings. The molecule has 0 saturated heterocycles. The van der Waals surface area contributed by atoms with E-state index in [1.54, 1.807) is 24.3 Å². The van der Waals surface area contributed by atoms with Crippen molar-refractivity contribution >= 4 is 33.4 Å². The number of aromatic nitrogens is 1. The van der Waals surface area contributed by atoms with Gasteiger partial charge in [-0.3, -0.25) is 14.4 Å². The first-order valence-corrected chi connectivity index (χ1v) is 8.85. The number of hydrogen-bond donors (Lipinski definition) is 3. The molecule has 0 fully saturated rings. The monoisotopic (exact) mass is 429 g/mol. The minimum absolute atomic E-state index is 0.0856. The summed E-state index contributed by atoms with van der Waals surface area (Å²) in [5, 5.41) is 5.12. The molecule has 0 aliphatic carbocycles. The van der Waals surface area contributed by atoms with Crippen molar-refractivity contribution in [3.05, 3.63) is 74.7 Å². The number of H-pyrrole nitrogens is 1. The number of aryl methyl sites for hydroxylation is 1. The lowest BCUT2D eigenvalue weighted by Gasteiger charge is -2.08. The highest BCUT2D eigenvalue weighted by molar-refractivity contribution is 9.10. The third-order valence-corrected chi connectivity index (χ3v) is 4.68. The van der Waals surface area contributed by atoms with Crippen molar-refractivity contribution in [2.75, 3.05) is 11.9 Å². The lowest BCUT2D eigenvalue weighted by Crippen LogP contribution is -2.35. The van der Waals surface area contributed by atoms with Crippen molar-refractivity contribution in [1.82, 2.24) is 10.3 Å². The fraction of sp³-hybridized carbons (Fsp3) is 0.105. The number of rotatable bonds is 5. The summed E-state index contributed by atoms with van der Waals surface area (Å²) in [5.74, 6) is -0.540. The molecule has 138 valence electrons. The predicted molar refractivity (Wildman–Crippen MR) is 105 cm³/mol. The van der Waals surface area contributed by atoms with Crippen LogP contribution in [-0.4, -0.2) is 23.3 Å². The average molecular weight is 430 g/mol. The number of nitrogens with one attached hydrogen (secondary N) is 3. The molecule has 2 amide bonds. The number of furan rings is 1. The molecule has 8 heteroatoms. The standard InChI is InChI=1S/C19H16BrN3O4/c1-11-9-12(4-6-14(11)20)22-17(24)10-21-18(25)13-5-7-15(23-19(13)26)16-3-2-8-27-16/h2-9H,10H2,1H3,(H,21,25)(H,22,24)(H,23,26). The highest BCUT2D eigenvalue weighted by Crippen LogP contribution is 2.20. The molecule has 0 bridgehead atoms. The molecular weight excluding hydrogens is 414 g/mol. The molecule has 0 spiro atoms. The van der Waals surface area contributed by atoms with Crippen molar-refractivity contribution in [3.8, 4) is 11.5 Å². The first-order chi connectivity index (χ1) is 12.9. The minimum atomic E-state index is -0.635. The first-order valence-electron chi connectivity index (χ1n) is 8.05. The number of amides is 2. The van der Waals surface area contributed by atoms with Gasteiger partial charge in [0.25, 0.3) is 11.5 Å². The van der Waals surface area contributed by atoms with Gasteiger partial charge >= 0.3 is 0 Å². The summed E-state index contributed by atoms with van der Waals surface area (Å²) in [4.78, 5) is 38.9. The van der Waals surface area contributed by atoms with E-state index < -0.39 is 17.4 Å². The molecule has 0 aliphatic rings. The van der Waals surface area contributed by atoms with Gasteiger partial charge in [0.05, 0.1) is 18.5 Å². The second-order valence-corrected chi connectivity index (χ2v) is 6.64. The van der Waals surface area contributed by atoms with Gasteiger partial charge in [-0.25, -0.2) is 0 Å². The zero-order valence-corrected chi connectivity index (χ0v) is 15.9. The molecule has 0 atom stereocenters. The molecule has 0 saturated carbocycles. The van der Waals surface area contributed by atoms with Crippen LogP contribution in [0.5, 0.6) is 0 Å². The van der Waals surface area contributed by atoms with Crippen molar-refractivity contribution in [2.24, 2.45) is 0 Å². The Hall–Kier alpha value is -3.13. The number of aromatic amines is 1. The number of carbonyl (C=O) groups excluding carboxylic acids is 2. The third kappa shape index (κ3) is 4.53. The van der Waals surface area contributed by atoms with E-state index in [0.717, 1.165) is 10.0 Å². The summed E-state index contributed by atoms with van der Waals surface area (Å²) in [5.41, 5.74) is 1.41. The maximum Gasteiger partial charge on any atom is 0.261 e. The number of hydrogen-bond acceptors (Lipinski definition) is 4. The zero-order chi connectivity index (χ0) is 19.4. The quantitative estimate of drug-likeness (QED) is 0.579. The van der Waals surface area contributed by atoms with E-state index >= 15 is 0 Å². The predicted octanol–water partition coefficient (Wildman–Crippen LogP) is 3.07. The Morgan fingerprint density at radius 1 is 1.19 bits per heavy atom. The molecule has 3 N–H and O–H groups in total. The van der Waals surface area contributed by atoms with Crippen LogP contribution in [0.2, 0.25) is 0 Å². The summed E-state index contributed by atoms with van der Waals surface area (Å²) in [6, 6.07) is 11.7. The topological polar surface area (TPSA) is 104 Å². The fourth-order valence-electron chi connectivity index (χ4n) is 2.41. The van der Waals surface area contributed by atoms with Crippen molar-refractivity contribution in [2.45, 2.75) is 6.92 Å². The molecule has 0 aliphatic heterocycles. The van der Waals surface area contributed by atoms with Gasteiger partial charge in [0.15, 0.2) is 0 Å². The number of benzene rings is 1. The Bertz CT molecular complexity index is 1040. The molecule has 27 heavy (non-hydrogen) atoms. The van der Waals surface area contributed by atoms with Gasteiger partial charge in [-0.15, -0.1) is 0 Å². The maximum atomic E-state index is 12.2. The van der Waals surface area contributed by atoms with Gasteiger partial charge < -0.3 is 20.0 Å². The number of halogens is 1. The normalized spacial score (nSPS) is 10.4. The molecule has 7 nitrogen and oxygen atoms in total. The minimum Gasteiger partial charge on any atom is -0.463 e. The van der Waals surface area contributed by atoms with Crippen LogP contribution in [0.4, 0.5) is 5.69 Å². The molecular formula is C19H16BrN3O4. The molecule has 1 aromatic carbocycles. The Kier molecular flexibility index (Phi) is 5.56. The van der Waals surface area contributed by atoms with Crippen LogP contribution in [-0.2, 0) is 4.79 Å². The van der Waals surface area contributed by atoms with Crippen molar-refractivity contribution < 1.29 is 14.0 Å². The van der Waals surface area contributed by atoms with Gasteiger partial charge in [-0.1, -0.05) is 15.9 Å². The fourth-order valence-corrected chi connectivity index (χ4v) is 2.66. The van der Waals surface area contributed by atoms with Crippen molar-refractivity contribution in [1.29, 1.82) is 0 Å². The number of anilines is 1. The van der Waals surface area contributed by atoms with Crippen LogP contribution in [0, 0.1) is 6.92 Å². The van der Waals surface area contributed by atoms with E-state index in [2.05, 4.69) is 31.5 Å². The van der Waals surface area contributed by atoms with Gasteiger partial charge in [0.2, 0.25) is 5.91 Å². The van der Waals surface area contributed by atoms with Gasteiger partial charge in [-0.05, 0) is 55.0 Å². The van der Waals surface area contributed by atoms with Gasteiger partial charge in [0.1, 0.15) is 11.3 Å². The smallest absolute Gasteiger partial charge is 0.261 e. The summed E-state index contributed by atoms with van der Waals surface area (Å²) in [7, 11) is 0. The van der Waals surface area contributed by atoms with Crippen LogP contribution < -0.4 is 16.2 Å². The van der Waals surface area contributed by atoms with E-state index in [0.29, 0.717) is 17.1 Å². The summed E-state index contributed by atoms with van der Waals surface area (Å²) in [6.45, 7) is 1.65. The Labute approximate surface area is 162 Å². The highest BCUT2D eigenvalue weighted by Gasteiger charge is 2.13. The lowest BCUT2D eigenvalue weighted by atomic mass is 10.2. The average Bonchev–Trinajstić information content (AvgIpc) is 3.17. The molecule has 0 radical (unpaired) electrons. The highest BCUT2D eigenvalue weighted by atomic mass is 79.9. The van der Waals surface area contributed by atoms with E-state index in [-0.39, 0.29) is 12.1 Å². The molecule has 2 heterocycles. The van der Waals surface area contributed by atoms with Crippen LogP contribution in [0.15, 0.2) is 62.4 Å². The van der Waals surface area contributed by atoms with Crippen molar-refractivity contribution in [3.63, 3.8) is 0 Å². The number of pyridine rings is 1. The third-order valence-electron chi connectivity index (χ3n) is 3.79. The largest absolute Gasteiger partial charge is 0.463 e. The summed E-state index contributed by atoms with van der Waals surface area (Å²) >= 11 is 3.39. The Morgan fingerprint density at radius 2 is 2.00 bits per heavy atom. The van der Waals surface area contributed by atoms with Gasteiger partial charge in [0, 0.05) is 10.2 Å². The van der Waals surface area contributed by atoms with E-state index in [9.17, 15) is 14.4 Å². The lowest BCUT2D eigenvalue weighted by molar-refractivity contribution is -0.115. The van der Waals surface area contributed by atoms with Crippen LogP contribution >= 0.6 is 15.9 Å². The van der Waals surface area contributed by atoms with E-state index in [1.807, 2.05) is 19.1 Å². The molecule has 0 unspecified atom stereocenters. The number of carbonyl (C=O) groups is 2. The Balaban J connectivity index is 1.61. The van der Waals surface area contributed by atoms with Crippen LogP contribution in [0.1, 0.15) is 15.9 Å². The van der Waals surface area contributed by atoms with Gasteiger partial charge in [-0.2, -0.15) is 0 Å².